The third-order valence-electron chi connectivity index (χ3n) is 2.59. The Balaban J connectivity index is 2.25. The van der Waals surface area contributed by atoms with Gasteiger partial charge >= 0.3 is 5.97 Å². The Labute approximate surface area is 121 Å². The Morgan fingerprint density at radius 1 is 1.50 bits per heavy atom. The maximum absolute atomic E-state index is 12.2. The van der Waals surface area contributed by atoms with E-state index in [-0.39, 0.29) is 5.91 Å². The number of carbonyl (C=O) groups is 2. The second-order valence-corrected chi connectivity index (χ2v) is 6.02. The molecule has 1 aliphatic heterocycles. The third kappa shape index (κ3) is 2.65. The minimum Gasteiger partial charge on any atom is -0.480 e. The van der Waals surface area contributed by atoms with Crippen LogP contribution in [0.1, 0.15) is 10.4 Å². The van der Waals surface area contributed by atoms with E-state index in [0.717, 1.165) is 0 Å². The fourth-order valence-corrected chi connectivity index (χ4v) is 3.21. The molecule has 0 aliphatic carbocycles. The normalized spacial score (nSPS) is 19.0. The average Bonchev–Trinajstić information content (AvgIpc) is 2.81. The number of halogens is 2. The first kappa shape index (κ1) is 13.7. The minimum absolute atomic E-state index is 0.304. The lowest BCUT2D eigenvalue weighted by molar-refractivity contribution is -0.140. The number of carbonyl (C=O) groups excluding carboxylic acids is 1. The monoisotopic (exact) mass is 349 g/mol. The molecule has 1 heterocycles. The van der Waals surface area contributed by atoms with Crippen molar-refractivity contribution in [2.75, 3.05) is 11.6 Å². The van der Waals surface area contributed by atoms with Gasteiger partial charge in [-0.05, 0) is 34.1 Å². The molecule has 0 bridgehead atoms. The quantitative estimate of drug-likeness (QED) is 0.891. The summed E-state index contributed by atoms with van der Waals surface area (Å²) in [6.45, 7) is 0. The Kier molecular flexibility index (Phi) is 4.19. The molecule has 1 amide bonds. The van der Waals surface area contributed by atoms with Crippen LogP contribution in [0.4, 0.5) is 0 Å². The number of hydrogen-bond acceptors (Lipinski definition) is 3. The van der Waals surface area contributed by atoms with Crippen molar-refractivity contribution in [3.05, 3.63) is 33.3 Å². The lowest BCUT2D eigenvalue weighted by Crippen LogP contribution is -2.41. The maximum atomic E-state index is 12.2. The van der Waals surface area contributed by atoms with Gasteiger partial charge in [0, 0.05) is 15.8 Å². The molecule has 1 aliphatic rings. The Bertz CT molecular complexity index is 511. The van der Waals surface area contributed by atoms with Crippen molar-refractivity contribution in [3.63, 3.8) is 0 Å². The van der Waals surface area contributed by atoms with E-state index in [2.05, 4.69) is 15.9 Å². The standard InChI is InChI=1S/C11H9BrClNO3S/c12-7-2-1-6(3-8(7)13)10(15)14-5-18-4-9(14)11(16)17/h1-3,9H,4-5H2,(H,16,17)/t9-/m0/s1. The number of amides is 1. The van der Waals surface area contributed by atoms with Gasteiger partial charge in [0.1, 0.15) is 6.04 Å². The van der Waals surface area contributed by atoms with Crippen LogP contribution in [0.15, 0.2) is 22.7 Å². The molecule has 0 aromatic heterocycles. The molecule has 0 radical (unpaired) electrons. The summed E-state index contributed by atoms with van der Waals surface area (Å²) in [5, 5.41) is 9.47. The fourth-order valence-electron chi connectivity index (χ4n) is 1.64. The predicted octanol–water partition coefficient (Wildman–Crippen LogP) is 2.70. The van der Waals surface area contributed by atoms with Crippen molar-refractivity contribution < 1.29 is 14.7 Å². The smallest absolute Gasteiger partial charge is 0.327 e. The summed E-state index contributed by atoms with van der Waals surface area (Å²) in [7, 11) is 0. The first-order valence-electron chi connectivity index (χ1n) is 5.07. The molecule has 0 unspecified atom stereocenters. The van der Waals surface area contributed by atoms with Gasteiger partial charge in [0.25, 0.3) is 5.91 Å². The maximum Gasteiger partial charge on any atom is 0.327 e. The van der Waals surface area contributed by atoms with Crippen LogP contribution in [0.3, 0.4) is 0 Å². The molecule has 18 heavy (non-hydrogen) atoms. The topological polar surface area (TPSA) is 57.6 Å². The molecule has 0 saturated carbocycles. The van der Waals surface area contributed by atoms with Gasteiger partial charge in [-0.3, -0.25) is 4.79 Å². The van der Waals surface area contributed by atoms with Gasteiger partial charge in [-0.2, -0.15) is 0 Å². The average molecular weight is 351 g/mol. The highest BCUT2D eigenvalue weighted by Gasteiger charge is 2.35. The van der Waals surface area contributed by atoms with Crippen LogP contribution in [0, 0.1) is 0 Å². The van der Waals surface area contributed by atoms with Crippen molar-refractivity contribution in [1.29, 1.82) is 0 Å². The summed E-state index contributed by atoms with van der Waals surface area (Å²) in [4.78, 5) is 24.6. The fraction of sp³-hybridized carbons (Fsp3) is 0.273. The lowest BCUT2D eigenvalue weighted by Gasteiger charge is -2.20. The Hall–Kier alpha value is -0.720. The van der Waals surface area contributed by atoms with Gasteiger partial charge in [-0.25, -0.2) is 4.79 Å². The van der Waals surface area contributed by atoms with Gasteiger partial charge in [0.2, 0.25) is 0 Å². The Morgan fingerprint density at radius 3 is 2.83 bits per heavy atom. The highest BCUT2D eigenvalue weighted by Crippen LogP contribution is 2.27. The van der Waals surface area contributed by atoms with Crippen molar-refractivity contribution in [1.82, 2.24) is 4.90 Å². The number of carboxylic acids is 1. The van der Waals surface area contributed by atoms with Crippen LogP contribution in [0.5, 0.6) is 0 Å². The van der Waals surface area contributed by atoms with Crippen LogP contribution < -0.4 is 0 Å². The van der Waals surface area contributed by atoms with Crippen molar-refractivity contribution in [2.24, 2.45) is 0 Å². The molecule has 1 fully saturated rings. The van der Waals surface area contributed by atoms with E-state index >= 15 is 0 Å². The summed E-state index contributed by atoms with van der Waals surface area (Å²) < 4.78 is 0.700. The molecular weight excluding hydrogens is 342 g/mol. The predicted molar refractivity (Wildman–Crippen MR) is 74.1 cm³/mol. The van der Waals surface area contributed by atoms with Crippen molar-refractivity contribution in [2.45, 2.75) is 6.04 Å². The zero-order chi connectivity index (χ0) is 13.3. The van der Waals surface area contributed by atoms with E-state index in [1.54, 1.807) is 12.1 Å². The van der Waals surface area contributed by atoms with Gasteiger partial charge in [0.15, 0.2) is 0 Å². The zero-order valence-electron chi connectivity index (χ0n) is 9.10. The zero-order valence-corrected chi connectivity index (χ0v) is 12.3. The van der Waals surface area contributed by atoms with Gasteiger partial charge in [-0.15, -0.1) is 11.8 Å². The second-order valence-electron chi connectivity index (χ2n) is 3.76. The number of carboxylic acid groups (broad SMARTS) is 1. The highest BCUT2D eigenvalue weighted by molar-refractivity contribution is 9.10. The van der Waals surface area contributed by atoms with Gasteiger partial charge in [0.05, 0.1) is 10.9 Å². The second kappa shape index (κ2) is 5.50. The van der Waals surface area contributed by atoms with Crippen LogP contribution >= 0.6 is 39.3 Å². The molecule has 96 valence electrons. The van der Waals surface area contributed by atoms with E-state index in [4.69, 9.17) is 16.7 Å². The highest BCUT2D eigenvalue weighted by atomic mass is 79.9. The minimum atomic E-state index is -0.975. The molecule has 1 saturated heterocycles. The summed E-state index contributed by atoms with van der Waals surface area (Å²) >= 11 is 10.6. The number of hydrogen-bond donors (Lipinski definition) is 1. The number of rotatable bonds is 2. The van der Waals surface area contributed by atoms with Crippen molar-refractivity contribution in [3.8, 4) is 0 Å². The summed E-state index contributed by atoms with van der Waals surface area (Å²) in [5.74, 6) is -0.465. The number of benzene rings is 1. The van der Waals surface area contributed by atoms with Gasteiger partial charge < -0.3 is 10.0 Å². The van der Waals surface area contributed by atoms with E-state index in [1.165, 1.54) is 22.7 Å². The number of nitrogens with zero attached hydrogens (tertiary/aromatic N) is 1. The lowest BCUT2D eigenvalue weighted by atomic mass is 10.2. The molecule has 1 N–H and O–H groups in total. The van der Waals surface area contributed by atoms with E-state index in [1.807, 2.05) is 0 Å². The van der Waals surface area contributed by atoms with Crippen LogP contribution in [-0.2, 0) is 4.79 Å². The Morgan fingerprint density at radius 2 is 2.22 bits per heavy atom. The molecule has 2 rings (SSSR count). The van der Waals surface area contributed by atoms with E-state index in [9.17, 15) is 9.59 Å². The van der Waals surface area contributed by atoms with E-state index in [0.29, 0.717) is 26.7 Å². The molecular formula is C11H9BrClNO3S. The molecule has 0 spiro atoms. The molecule has 4 nitrogen and oxygen atoms in total. The first-order chi connectivity index (χ1) is 8.50. The van der Waals surface area contributed by atoms with Crippen LogP contribution in [0.2, 0.25) is 5.02 Å². The number of thioether (sulfide) groups is 1. The molecule has 1 aromatic rings. The third-order valence-corrected chi connectivity index (χ3v) is 4.84. The first-order valence-corrected chi connectivity index (χ1v) is 7.40. The summed E-state index contributed by atoms with van der Waals surface area (Å²) in [6, 6.07) is 4.08. The largest absolute Gasteiger partial charge is 0.480 e. The van der Waals surface area contributed by atoms with E-state index < -0.39 is 12.0 Å². The SMILES string of the molecule is O=C(O)[C@@H]1CSCN1C(=O)c1ccc(Br)c(Cl)c1. The van der Waals surface area contributed by atoms with Gasteiger partial charge in [-0.1, -0.05) is 11.6 Å². The summed E-state index contributed by atoms with van der Waals surface area (Å²) in [5.41, 5.74) is 0.400. The van der Waals surface area contributed by atoms with Crippen LogP contribution in [0.25, 0.3) is 0 Å². The molecule has 1 atom stereocenters. The molecule has 7 heteroatoms. The summed E-state index contributed by atoms with van der Waals surface area (Å²) in [6.07, 6.45) is 0. The van der Waals surface area contributed by atoms with Crippen molar-refractivity contribution >= 4 is 51.2 Å². The number of aliphatic carboxylic acids is 1. The molecule has 1 aromatic carbocycles. The van der Waals surface area contributed by atoms with Crippen LogP contribution in [-0.4, -0.2) is 39.6 Å².